The Morgan fingerprint density at radius 2 is 1.33 bits per heavy atom. The lowest BCUT2D eigenvalue weighted by molar-refractivity contribution is -0.134. The first-order valence-corrected chi connectivity index (χ1v) is 11.2. The van der Waals surface area contributed by atoms with Gasteiger partial charge in [-0.2, -0.15) is 0 Å². The highest BCUT2D eigenvalue weighted by atomic mass is 35.5. The zero-order valence-corrected chi connectivity index (χ0v) is 20.3. The molecule has 0 atom stereocenters. The first-order valence-electron chi connectivity index (χ1n) is 11.2. The summed E-state index contributed by atoms with van der Waals surface area (Å²) in [5.74, 6) is 0.151. The zero-order chi connectivity index (χ0) is 21.1. The van der Waals surface area contributed by atoms with E-state index in [4.69, 9.17) is 0 Å². The van der Waals surface area contributed by atoms with Crippen LogP contribution in [0, 0.1) is 0 Å². The molecule has 2 N–H and O–H groups in total. The van der Waals surface area contributed by atoms with Crippen LogP contribution in [0.25, 0.3) is 11.1 Å². The van der Waals surface area contributed by atoms with Crippen molar-refractivity contribution in [3.05, 3.63) is 95.6 Å². The average Bonchev–Trinajstić information content (AvgIpc) is 3.25. The molecule has 1 aliphatic heterocycles. The van der Waals surface area contributed by atoms with Crippen LogP contribution < -0.4 is 10.6 Å². The predicted octanol–water partition coefficient (Wildman–Crippen LogP) is 4.26. The molecular formula is C27H31Cl2N3O. The highest BCUT2D eigenvalue weighted by Gasteiger charge is 2.48. The van der Waals surface area contributed by atoms with Crippen molar-refractivity contribution in [1.82, 2.24) is 15.5 Å². The summed E-state index contributed by atoms with van der Waals surface area (Å²) in [4.78, 5) is 16.0. The number of carbonyl (C=O) groups is 1. The van der Waals surface area contributed by atoms with Crippen molar-refractivity contribution >= 4 is 30.7 Å². The smallest absolute Gasteiger partial charge is 0.241 e. The molecule has 1 aliphatic carbocycles. The van der Waals surface area contributed by atoms with Gasteiger partial charge in [0.1, 0.15) is 5.54 Å². The van der Waals surface area contributed by atoms with E-state index in [1.54, 1.807) is 0 Å². The van der Waals surface area contributed by atoms with Gasteiger partial charge in [0, 0.05) is 45.6 Å². The third-order valence-corrected chi connectivity index (χ3v) is 6.74. The van der Waals surface area contributed by atoms with Gasteiger partial charge < -0.3 is 10.6 Å². The van der Waals surface area contributed by atoms with Crippen LogP contribution in [0.5, 0.6) is 0 Å². The van der Waals surface area contributed by atoms with Gasteiger partial charge in [-0.1, -0.05) is 78.9 Å². The number of nitrogens with zero attached hydrogens (tertiary/aromatic N) is 1. The summed E-state index contributed by atoms with van der Waals surface area (Å²) in [7, 11) is 0. The van der Waals surface area contributed by atoms with Crippen LogP contribution in [0.2, 0.25) is 0 Å². The van der Waals surface area contributed by atoms with Crippen LogP contribution >= 0.6 is 24.8 Å². The SMILES string of the molecule is Cl.Cl.O=C(NCc1ccc(-c2ccccc2)cc1)C1(N2CCNCC2)Cc2ccccc2C1. The van der Waals surface area contributed by atoms with E-state index in [1.807, 2.05) is 6.07 Å². The monoisotopic (exact) mass is 483 g/mol. The van der Waals surface area contributed by atoms with Crippen molar-refractivity contribution in [2.45, 2.75) is 24.9 Å². The molecule has 3 aromatic rings. The Kier molecular flexibility index (Phi) is 8.55. The number of rotatable bonds is 5. The molecule has 2 aliphatic rings. The molecule has 0 unspecified atom stereocenters. The molecule has 0 saturated carbocycles. The number of benzene rings is 3. The minimum atomic E-state index is -0.476. The first kappa shape index (κ1) is 25.3. The number of halogens is 2. The molecule has 4 nitrogen and oxygen atoms in total. The molecule has 1 saturated heterocycles. The predicted molar refractivity (Wildman–Crippen MR) is 139 cm³/mol. The highest BCUT2D eigenvalue weighted by Crippen LogP contribution is 2.35. The number of fused-ring (bicyclic) bond motifs is 1. The summed E-state index contributed by atoms with van der Waals surface area (Å²) in [5, 5.41) is 6.69. The van der Waals surface area contributed by atoms with E-state index >= 15 is 0 Å². The Labute approximate surface area is 208 Å². The van der Waals surface area contributed by atoms with Crippen LogP contribution in [-0.4, -0.2) is 42.5 Å². The Morgan fingerprint density at radius 3 is 1.94 bits per heavy atom. The van der Waals surface area contributed by atoms with Crippen molar-refractivity contribution in [3.63, 3.8) is 0 Å². The van der Waals surface area contributed by atoms with Crippen molar-refractivity contribution in [3.8, 4) is 11.1 Å². The Bertz CT molecular complexity index is 1030. The summed E-state index contributed by atoms with van der Waals surface area (Å²) in [6, 6.07) is 27.4. The highest BCUT2D eigenvalue weighted by molar-refractivity contribution is 5.88. The lowest BCUT2D eigenvalue weighted by atomic mass is 9.91. The quantitative estimate of drug-likeness (QED) is 0.569. The normalized spacial score (nSPS) is 16.7. The number of amides is 1. The Hall–Kier alpha value is -2.37. The van der Waals surface area contributed by atoms with E-state index in [0.717, 1.165) is 44.6 Å². The lowest BCUT2D eigenvalue weighted by Crippen LogP contribution is -2.63. The molecule has 1 fully saturated rings. The minimum absolute atomic E-state index is 0. The molecule has 0 aromatic heterocycles. The van der Waals surface area contributed by atoms with Gasteiger partial charge in [-0.25, -0.2) is 0 Å². The van der Waals surface area contributed by atoms with E-state index in [2.05, 4.69) is 88.3 Å². The topological polar surface area (TPSA) is 44.4 Å². The van der Waals surface area contributed by atoms with E-state index in [0.29, 0.717) is 6.54 Å². The second-order valence-corrected chi connectivity index (χ2v) is 8.64. The van der Waals surface area contributed by atoms with Crippen LogP contribution in [0.1, 0.15) is 16.7 Å². The van der Waals surface area contributed by atoms with Gasteiger partial charge in [0.15, 0.2) is 0 Å². The second kappa shape index (κ2) is 11.2. The molecule has 1 amide bonds. The van der Waals surface area contributed by atoms with Crippen LogP contribution in [0.4, 0.5) is 0 Å². The summed E-state index contributed by atoms with van der Waals surface area (Å²) in [6.45, 7) is 4.25. The molecule has 0 spiro atoms. The molecule has 0 radical (unpaired) electrons. The minimum Gasteiger partial charge on any atom is -0.350 e. The molecule has 33 heavy (non-hydrogen) atoms. The van der Waals surface area contributed by atoms with Gasteiger partial charge in [0.05, 0.1) is 0 Å². The third-order valence-electron chi connectivity index (χ3n) is 6.74. The molecule has 1 heterocycles. The Balaban J connectivity index is 0.00000153. The van der Waals surface area contributed by atoms with Gasteiger partial charge in [-0.15, -0.1) is 24.8 Å². The molecule has 174 valence electrons. The standard InChI is InChI=1S/C27H29N3O.2ClH/c31-26(29-20-21-10-12-23(13-11-21)22-6-2-1-3-7-22)27(30-16-14-28-15-17-30)18-24-8-4-5-9-25(24)19-27;;/h1-13,28H,14-20H2,(H,29,31);2*1H. The fourth-order valence-corrected chi connectivity index (χ4v) is 5.01. The van der Waals surface area contributed by atoms with Crippen molar-refractivity contribution < 1.29 is 4.79 Å². The summed E-state index contributed by atoms with van der Waals surface area (Å²) < 4.78 is 0. The van der Waals surface area contributed by atoms with E-state index in [9.17, 15) is 4.79 Å². The van der Waals surface area contributed by atoms with Gasteiger partial charge in [-0.3, -0.25) is 9.69 Å². The lowest BCUT2D eigenvalue weighted by Gasteiger charge is -2.42. The maximum absolute atomic E-state index is 13.6. The third kappa shape index (κ3) is 5.25. The number of nitrogens with one attached hydrogen (secondary N) is 2. The van der Waals surface area contributed by atoms with Crippen LogP contribution in [-0.2, 0) is 24.2 Å². The van der Waals surface area contributed by atoms with Gasteiger partial charge in [0.25, 0.3) is 0 Å². The van der Waals surface area contributed by atoms with Gasteiger partial charge in [-0.05, 0) is 27.8 Å². The van der Waals surface area contributed by atoms with E-state index in [-0.39, 0.29) is 30.7 Å². The number of piperazine rings is 1. The fourth-order valence-electron chi connectivity index (χ4n) is 5.01. The maximum Gasteiger partial charge on any atom is 0.241 e. The molecule has 0 bridgehead atoms. The Morgan fingerprint density at radius 1 is 0.788 bits per heavy atom. The zero-order valence-electron chi connectivity index (χ0n) is 18.6. The molecule has 3 aromatic carbocycles. The van der Waals surface area contributed by atoms with Crippen molar-refractivity contribution in [2.75, 3.05) is 26.2 Å². The van der Waals surface area contributed by atoms with Gasteiger partial charge in [0.2, 0.25) is 5.91 Å². The maximum atomic E-state index is 13.6. The number of hydrogen-bond acceptors (Lipinski definition) is 3. The average molecular weight is 484 g/mol. The summed E-state index contributed by atoms with van der Waals surface area (Å²) in [6.07, 6.45) is 1.59. The fraction of sp³-hybridized carbons (Fsp3) is 0.296. The molecular weight excluding hydrogens is 453 g/mol. The van der Waals surface area contributed by atoms with Crippen molar-refractivity contribution in [2.24, 2.45) is 0 Å². The van der Waals surface area contributed by atoms with E-state index in [1.165, 1.54) is 22.3 Å². The van der Waals surface area contributed by atoms with Crippen LogP contribution in [0.3, 0.4) is 0 Å². The summed E-state index contributed by atoms with van der Waals surface area (Å²) in [5.41, 5.74) is 5.67. The second-order valence-electron chi connectivity index (χ2n) is 8.64. The molecule has 6 heteroatoms. The van der Waals surface area contributed by atoms with Crippen molar-refractivity contribution in [1.29, 1.82) is 0 Å². The first-order chi connectivity index (χ1) is 15.2. The summed E-state index contributed by atoms with van der Waals surface area (Å²) >= 11 is 0. The number of carbonyl (C=O) groups excluding carboxylic acids is 1. The largest absolute Gasteiger partial charge is 0.350 e. The van der Waals surface area contributed by atoms with Crippen LogP contribution in [0.15, 0.2) is 78.9 Å². The molecule has 5 rings (SSSR count). The van der Waals surface area contributed by atoms with Gasteiger partial charge >= 0.3 is 0 Å². The number of hydrogen-bond donors (Lipinski definition) is 2. The van der Waals surface area contributed by atoms with E-state index < -0.39 is 5.54 Å².